The maximum atomic E-state index is 11.7. The summed E-state index contributed by atoms with van der Waals surface area (Å²) in [6.07, 6.45) is 1.54. The average Bonchev–Trinajstić information content (AvgIpc) is 2.32. The second kappa shape index (κ2) is 6.42. The molecule has 0 aliphatic heterocycles. The van der Waals surface area contributed by atoms with Gasteiger partial charge in [-0.15, -0.1) is 6.58 Å². The van der Waals surface area contributed by atoms with Crippen LogP contribution in [0.1, 0.15) is 0 Å². The van der Waals surface area contributed by atoms with E-state index in [-0.39, 0.29) is 12.4 Å². The van der Waals surface area contributed by atoms with Crippen molar-refractivity contribution in [2.75, 3.05) is 31.7 Å². The van der Waals surface area contributed by atoms with Crippen LogP contribution in [0.5, 0.6) is 5.75 Å². The van der Waals surface area contributed by atoms with Crippen molar-refractivity contribution in [3.05, 3.63) is 36.9 Å². The Balaban J connectivity index is 2.46. The Bertz CT molecular complexity index is 483. The quantitative estimate of drug-likeness (QED) is 0.595. The standard InChI is InChI=1S/C12H18N2O3S/c1-3-8-14(2)18(15,16)10-9-17-12-6-4-11(13)5-7-12/h3-7H,1,8-10,13H2,2H3. The molecule has 0 atom stereocenters. The van der Waals surface area contributed by atoms with E-state index in [4.69, 9.17) is 10.5 Å². The zero-order chi connectivity index (χ0) is 13.6. The van der Waals surface area contributed by atoms with Gasteiger partial charge in [-0.25, -0.2) is 12.7 Å². The summed E-state index contributed by atoms with van der Waals surface area (Å²) in [6, 6.07) is 6.81. The van der Waals surface area contributed by atoms with Crippen molar-refractivity contribution in [3.63, 3.8) is 0 Å². The summed E-state index contributed by atoms with van der Waals surface area (Å²) in [5.41, 5.74) is 6.17. The molecule has 100 valence electrons. The Hall–Kier alpha value is -1.53. The Morgan fingerprint density at radius 1 is 1.39 bits per heavy atom. The first kappa shape index (κ1) is 14.5. The van der Waals surface area contributed by atoms with E-state index in [9.17, 15) is 8.42 Å². The minimum Gasteiger partial charge on any atom is -0.492 e. The van der Waals surface area contributed by atoms with Crippen LogP contribution in [-0.2, 0) is 10.0 Å². The lowest BCUT2D eigenvalue weighted by Gasteiger charge is -2.15. The van der Waals surface area contributed by atoms with Crippen molar-refractivity contribution in [3.8, 4) is 5.75 Å². The van der Waals surface area contributed by atoms with Gasteiger partial charge >= 0.3 is 0 Å². The molecule has 0 unspecified atom stereocenters. The van der Waals surface area contributed by atoms with Crippen LogP contribution in [0.15, 0.2) is 36.9 Å². The first-order valence-electron chi connectivity index (χ1n) is 5.49. The van der Waals surface area contributed by atoms with Gasteiger partial charge in [0.15, 0.2) is 0 Å². The minimum absolute atomic E-state index is 0.0677. The summed E-state index contributed by atoms with van der Waals surface area (Å²) in [4.78, 5) is 0. The van der Waals surface area contributed by atoms with Gasteiger partial charge in [-0.2, -0.15) is 0 Å². The van der Waals surface area contributed by atoms with E-state index >= 15 is 0 Å². The SMILES string of the molecule is C=CCN(C)S(=O)(=O)CCOc1ccc(N)cc1. The van der Waals surface area contributed by atoms with Gasteiger partial charge in [0.2, 0.25) is 10.0 Å². The highest BCUT2D eigenvalue weighted by atomic mass is 32.2. The van der Waals surface area contributed by atoms with E-state index < -0.39 is 10.0 Å². The van der Waals surface area contributed by atoms with Gasteiger partial charge in [-0.3, -0.25) is 0 Å². The third kappa shape index (κ3) is 4.38. The van der Waals surface area contributed by atoms with Crippen LogP contribution in [0.25, 0.3) is 0 Å². The Morgan fingerprint density at radius 2 is 2.00 bits per heavy atom. The number of rotatable bonds is 7. The van der Waals surface area contributed by atoms with E-state index in [0.29, 0.717) is 18.0 Å². The largest absolute Gasteiger partial charge is 0.492 e. The topological polar surface area (TPSA) is 72.6 Å². The van der Waals surface area contributed by atoms with E-state index in [1.165, 1.54) is 11.4 Å². The van der Waals surface area contributed by atoms with Crippen LogP contribution in [0.4, 0.5) is 5.69 Å². The number of hydrogen-bond donors (Lipinski definition) is 1. The van der Waals surface area contributed by atoms with Gasteiger partial charge in [-0.05, 0) is 24.3 Å². The van der Waals surface area contributed by atoms with Crippen LogP contribution in [0.2, 0.25) is 0 Å². The lowest BCUT2D eigenvalue weighted by atomic mass is 10.3. The number of anilines is 1. The van der Waals surface area contributed by atoms with E-state index in [0.717, 1.165) is 0 Å². The zero-order valence-electron chi connectivity index (χ0n) is 10.4. The van der Waals surface area contributed by atoms with Crippen molar-refractivity contribution < 1.29 is 13.2 Å². The maximum Gasteiger partial charge on any atom is 0.217 e. The van der Waals surface area contributed by atoms with Gasteiger partial charge in [0.05, 0.1) is 5.75 Å². The summed E-state index contributed by atoms with van der Waals surface area (Å²) in [6.45, 7) is 3.90. The third-order valence-corrected chi connectivity index (χ3v) is 4.13. The molecule has 0 saturated carbocycles. The molecule has 0 amide bonds. The van der Waals surface area contributed by atoms with E-state index in [2.05, 4.69) is 6.58 Å². The van der Waals surface area contributed by atoms with Crippen LogP contribution in [-0.4, -0.2) is 38.7 Å². The number of nitrogens with zero attached hydrogens (tertiary/aromatic N) is 1. The van der Waals surface area contributed by atoms with Gasteiger partial charge in [-0.1, -0.05) is 6.08 Å². The second-order valence-electron chi connectivity index (χ2n) is 3.80. The molecule has 0 fully saturated rings. The van der Waals surface area contributed by atoms with E-state index in [1.54, 1.807) is 30.3 Å². The molecule has 5 nitrogen and oxygen atoms in total. The highest BCUT2D eigenvalue weighted by molar-refractivity contribution is 7.89. The molecule has 0 bridgehead atoms. The number of nitrogens with two attached hydrogens (primary N) is 1. The lowest BCUT2D eigenvalue weighted by molar-refractivity contribution is 0.337. The van der Waals surface area contributed by atoms with Gasteiger partial charge in [0, 0.05) is 19.3 Å². The molecule has 0 saturated heterocycles. The fourth-order valence-electron chi connectivity index (χ4n) is 1.28. The maximum absolute atomic E-state index is 11.7. The zero-order valence-corrected chi connectivity index (χ0v) is 11.2. The normalized spacial score (nSPS) is 11.4. The fraction of sp³-hybridized carbons (Fsp3) is 0.333. The van der Waals surface area contributed by atoms with Gasteiger partial charge in [0.1, 0.15) is 12.4 Å². The summed E-state index contributed by atoms with van der Waals surface area (Å²) < 4.78 is 30.1. The first-order valence-corrected chi connectivity index (χ1v) is 7.10. The number of hydrogen-bond acceptors (Lipinski definition) is 4. The van der Waals surface area contributed by atoms with Crippen molar-refractivity contribution in [1.82, 2.24) is 4.31 Å². The molecule has 0 aliphatic rings. The number of benzene rings is 1. The average molecular weight is 270 g/mol. The number of sulfonamides is 1. The molecule has 0 aromatic heterocycles. The summed E-state index contributed by atoms with van der Waals surface area (Å²) in [7, 11) is -1.77. The Kier molecular flexibility index (Phi) is 5.18. The Labute approximate surface area is 108 Å². The molecule has 0 heterocycles. The second-order valence-corrected chi connectivity index (χ2v) is 6.00. The van der Waals surface area contributed by atoms with Crippen LogP contribution in [0.3, 0.4) is 0 Å². The van der Waals surface area contributed by atoms with Gasteiger partial charge in [0.25, 0.3) is 0 Å². The first-order chi connectivity index (χ1) is 8.45. The molecular formula is C12H18N2O3S. The van der Waals surface area contributed by atoms with Crippen molar-refractivity contribution in [2.24, 2.45) is 0 Å². The summed E-state index contributed by atoms with van der Waals surface area (Å²) >= 11 is 0. The molecule has 0 radical (unpaired) electrons. The molecule has 0 aliphatic carbocycles. The molecule has 18 heavy (non-hydrogen) atoms. The highest BCUT2D eigenvalue weighted by Crippen LogP contribution is 2.13. The molecular weight excluding hydrogens is 252 g/mol. The lowest BCUT2D eigenvalue weighted by Crippen LogP contribution is -2.31. The summed E-state index contributed by atoms with van der Waals surface area (Å²) in [5.74, 6) is 0.535. The third-order valence-electron chi connectivity index (χ3n) is 2.35. The van der Waals surface area contributed by atoms with Gasteiger partial charge < -0.3 is 10.5 Å². The van der Waals surface area contributed by atoms with Crippen molar-refractivity contribution >= 4 is 15.7 Å². The summed E-state index contributed by atoms with van der Waals surface area (Å²) in [5, 5.41) is 0. The smallest absolute Gasteiger partial charge is 0.217 e. The Morgan fingerprint density at radius 3 is 2.56 bits per heavy atom. The number of nitrogen functional groups attached to an aromatic ring is 1. The minimum atomic E-state index is -3.29. The number of likely N-dealkylation sites (N-methyl/N-ethyl adjacent to an activating group) is 1. The molecule has 1 rings (SSSR count). The van der Waals surface area contributed by atoms with Crippen LogP contribution < -0.4 is 10.5 Å². The predicted molar refractivity (Wildman–Crippen MR) is 73.0 cm³/mol. The van der Waals surface area contributed by atoms with Crippen LogP contribution >= 0.6 is 0 Å². The fourth-order valence-corrected chi connectivity index (χ4v) is 2.22. The van der Waals surface area contributed by atoms with Crippen LogP contribution in [0, 0.1) is 0 Å². The molecule has 1 aromatic carbocycles. The molecule has 0 spiro atoms. The molecule has 2 N–H and O–H groups in total. The molecule has 6 heteroatoms. The molecule has 1 aromatic rings. The van der Waals surface area contributed by atoms with Crippen molar-refractivity contribution in [2.45, 2.75) is 0 Å². The van der Waals surface area contributed by atoms with Crippen molar-refractivity contribution in [1.29, 1.82) is 0 Å². The highest BCUT2D eigenvalue weighted by Gasteiger charge is 2.16. The van der Waals surface area contributed by atoms with E-state index in [1.807, 2.05) is 0 Å². The number of ether oxygens (including phenoxy) is 1. The predicted octanol–water partition coefficient (Wildman–Crippen LogP) is 1.10. The monoisotopic (exact) mass is 270 g/mol.